The Bertz CT molecular complexity index is 387. The highest BCUT2D eigenvalue weighted by atomic mass is 35.5. The molecule has 1 aromatic carbocycles. The van der Waals surface area contributed by atoms with Crippen molar-refractivity contribution < 1.29 is 4.79 Å². The summed E-state index contributed by atoms with van der Waals surface area (Å²) in [6.07, 6.45) is 0. The Morgan fingerprint density at radius 2 is 1.79 bits per heavy atom. The number of amides is 1. The summed E-state index contributed by atoms with van der Waals surface area (Å²) in [4.78, 5) is 12.0. The lowest BCUT2D eigenvalue weighted by molar-refractivity contribution is -0.125. The third-order valence-corrected chi connectivity index (χ3v) is 2.93. The van der Waals surface area contributed by atoms with Crippen LogP contribution in [0.3, 0.4) is 0 Å². The first-order valence-electron chi connectivity index (χ1n) is 6.39. The Labute approximate surface area is 122 Å². The van der Waals surface area contributed by atoms with Crippen LogP contribution in [-0.4, -0.2) is 12.5 Å². The molecule has 0 aliphatic heterocycles. The third-order valence-electron chi connectivity index (χ3n) is 2.93. The lowest BCUT2D eigenvalue weighted by Crippen LogP contribution is -2.39. The summed E-state index contributed by atoms with van der Waals surface area (Å²) in [5.41, 5.74) is 7.20. The van der Waals surface area contributed by atoms with Crippen LogP contribution in [0.2, 0.25) is 0 Å². The van der Waals surface area contributed by atoms with E-state index in [0.717, 1.165) is 5.56 Å². The van der Waals surface area contributed by atoms with Crippen LogP contribution in [0.25, 0.3) is 0 Å². The Morgan fingerprint density at radius 1 is 1.26 bits per heavy atom. The second-order valence-corrected chi connectivity index (χ2v) is 6.00. The van der Waals surface area contributed by atoms with Gasteiger partial charge in [-0.25, -0.2) is 0 Å². The number of rotatable bonds is 4. The Hall–Kier alpha value is -1.06. The normalized spacial score (nSPS) is 14.2. The maximum atomic E-state index is 12.0. The Kier molecular flexibility index (Phi) is 7.09. The molecule has 0 aliphatic carbocycles. The van der Waals surface area contributed by atoms with Gasteiger partial charge in [0, 0.05) is 12.6 Å². The van der Waals surface area contributed by atoms with Crippen molar-refractivity contribution in [1.29, 1.82) is 0 Å². The van der Waals surface area contributed by atoms with Crippen LogP contribution in [0.4, 0.5) is 0 Å². The number of carbonyl (C=O) groups is 1. The van der Waals surface area contributed by atoms with Gasteiger partial charge in [0.05, 0.1) is 5.92 Å². The molecule has 1 amide bonds. The number of hydrogen-bond donors (Lipinski definition) is 2. The van der Waals surface area contributed by atoms with Crippen LogP contribution in [0.15, 0.2) is 30.3 Å². The summed E-state index contributed by atoms with van der Waals surface area (Å²) in [5.74, 6) is -0.212. The first-order chi connectivity index (χ1) is 8.31. The molecule has 0 aliphatic rings. The Morgan fingerprint density at radius 3 is 2.26 bits per heavy atom. The molecule has 0 aromatic heterocycles. The standard InChI is InChI=1S/C15H24N2O.ClH/c1-11(14(18)17-10-15(2,3)4)13(16)12-8-6-5-7-9-12;/h5-9,11,13H,10,16H2,1-4H3,(H,17,18);1H. The smallest absolute Gasteiger partial charge is 0.224 e. The van der Waals surface area contributed by atoms with Crippen LogP contribution in [0, 0.1) is 11.3 Å². The molecule has 3 nitrogen and oxygen atoms in total. The third kappa shape index (κ3) is 6.08. The van der Waals surface area contributed by atoms with Crippen molar-refractivity contribution in [2.24, 2.45) is 17.1 Å². The van der Waals surface area contributed by atoms with E-state index in [1.54, 1.807) is 0 Å². The lowest BCUT2D eigenvalue weighted by atomic mass is 9.93. The van der Waals surface area contributed by atoms with Gasteiger partial charge in [-0.15, -0.1) is 12.4 Å². The van der Waals surface area contributed by atoms with E-state index >= 15 is 0 Å². The van der Waals surface area contributed by atoms with E-state index in [9.17, 15) is 4.79 Å². The van der Waals surface area contributed by atoms with E-state index in [-0.39, 0.29) is 35.7 Å². The minimum Gasteiger partial charge on any atom is -0.355 e. The van der Waals surface area contributed by atoms with Gasteiger partial charge in [-0.05, 0) is 11.0 Å². The molecule has 0 radical (unpaired) electrons. The summed E-state index contributed by atoms with van der Waals surface area (Å²) in [6, 6.07) is 9.48. The summed E-state index contributed by atoms with van der Waals surface area (Å²) < 4.78 is 0. The van der Waals surface area contributed by atoms with Crippen molar-refractivity contribution in [3.8, 4) is 0 Å². The fourth-order valence-electron chi connectivity index (χ4n) is 1.64. The molecule has 0 heterocycles. The largest absolute Gasteiger partial charge is 0.355 e. The first-order valence-corrected chi connectivity index (χ1v) is 6.39. The van der Waals surface area contributed by atoms with E-state index in [1.807, 2.05) is 37.3 Å². The molecule has 0 saturated heterocycles. The highest BCUT2D eigenvalue weighted by Gasteiger charge is 2.23. The number of nitrogens with two attached hydrogens (primary N) is 1. The highest BCUT2D eigenvalue weighted by Crippen LogP contribution is 2.19. The molecule has 1 aromatic rings. The van der Waals surface area contributed by atoms with Crippen molar-refractivity contribution in [1.82, 2.24) is 5.32 Å². The monoisotopic (exact) mass is 284 g/mol. The summed E-state index contributed by atoms with van der Waals surface area (Å²) >= 11 is 0. The molecule has 2 unspecified atom stereocenters. The zero-order valence-corrected chi connectivity index (χ0v) is 13.0. The molecule has 4 heteroatoms. The summed E-state index contributed by atoms with van der Waals surface area (Å²) in [6.45, 7) is 8.81. The van der Waals surface area contributed by atoms with E-state index in [4.69, 9.17) is 5.73 Å². The summed E-state index contributed by atoms with van der Waals surface area (Å²) in [5, 5.41) is 2.95. The van der Waals surface area contributed by atoms with E-state index in [2.05, 4.69) is 26.1 Å². The molecule has 19 heavy (non-hydrogen) atoms. The van der Waals surface area contributed by atoms with Gasteiger partial charge in [-0.1, -0.05) is 58.0 Å². The average Bonchev–Trinajstić information content (AvgIpc) is 2.34. The van der Waals surface area contributed by atoms with E-state index < -0.39 is 0 Å². The van der Waals surface area contributed by atoms with Gasteiger partial charge in [0.1, 0.15) is 0 Å². The molecule has 0 bridgehead atoms. The number of nitrogens with one attached hydrogen (secondary N) is 1. The van der Waals surface area contributed by atoms with Gasteiger partial charge in [-0.3, -0.25) is 4.79 Å². The maximum Gasteiger partial charge on any atom is 0.224 e. The molecular formula is C15H25ClN2O. The van der Waals surface area contributed by atoms with Gasteiger partial charge in [0.2, 0.25) is 5.91 Å². The Balaban J connectivity index is 0.00000324. The molecule has 0 fully saturated rings. The second kappa shape index (κ2) is 7.51. The average molecular weight is 285 g/mol. The predicted octanol–water partition coefficient (Wildman–Crippen LogP) is 2.91. The van der Waals surface area contributed by atoms with Crippen LogP contribution < -0.4 is 11.1 Å². The molecule has 0 spiro atoms. The minimum atomic E-state index is -0.258. The lowest BCUT2D eigenvalue weighted by Gasteiger charge is -2.23. The highest BCUT2D eigenvalue weighted by molar-refractivity contribution is 5.85. The minimum absolute atomic E-state index is 0. The van der Waals surface area contributed by atoms with Gasteiger partial charge < -0.3 is 11.1 Å². The van der Waals surface area contributed by atoms with Crippen LogP contribution in [0.1, 0.15) is 39.3 Å². The van der Waals surface area contributed by atoms with Gasteiger partial charge >= 0.3 is 0 Å². The van der Waals surface area contributed by atoms with Crippen LogP contribution in [0.5, 0.6) is 0 Å². The zero-order chi connectivity index (χ0) is 13.8. The molecular weight excluding hydrogens is 260 g/mol. The fraction of sp³-hybridized carbons (Fsp3) is 0.533. The van der Waals surface area contributed by atoms with Gasteiger partial charge in [0.25, 0.3) is 0 Å². The molecule has 108 valence electrons. The summed E-state index contributed by atoms with van der Waals surface area (Å²) in [7, 11) is 0. The SMILES string of the molecule is CC(C(=O)NCC(C)(C)C)C(N)c1ccccc1.Cl. The number of halogens is 1. The van der Waals surface area contributed by atoms with E-state index in [0.29, 0.717) is 6.54 Å². The molecule has 1 rings (SSSR count). The van der Waals surface area contributed by atoms with Crippen molar-refractivity contribution >= 4 is 18.3 Å². The molecule has 3 N–H and O–H groups in total. The number of benzene rings is 1. The number of hydrogen-bond acceptors (Lipinski definition) is 2. The fourth-order valence-corrected chi connectivity index (χ4v) is 1.64. The predicted molar refractivity (Wildman–Crippen MR) is 82.2 cm³/mol. The van der Waals surface area contributed by atoms with Crippen molar-refractivity contribution in [3.63, 3.8) is 0 Å². The van der Waals surface area contributed by atoms with Gasteiger partial charge in [-0.2, -0.15) is 0 Å². The quantitative estimate of drug-likeness (QED) is 0.893. The molecule has 0 saturated carbocycles. The topological polar surface area (TPSA) is 55.1 Å². The zero-order valence-electron chi connectivity index (χ0n) is 12.1. The van der Waals surface area contributed by atoms with E-state index in [1.165, 1.54) is 0 Å². The van der Waals surface area contributed by atoms with Gasteiger partial charge in [0.15, 0.2) is 0 Å². The molecule has 2 atom stereocenters. The van der Waals surface area contributed by atoms with Crippen LogP contribution in [-0.2, 0) is 4.79 Å². The number of carbonyl (C=O) groups excluding carboxylic acids is 1. The van der Waals surface area contributed by atoms with Crippen molar-refractivity contribution in [3.05, 3.63) is 35.9 Å². The maximum absolute atomic E-state index is 12.0. The first kappa shape index (κ1) is 17.9. The second-order valence-electron chi connectivity index (χ2n) is 6.00. The van der Waals surface area contributed by atoms with Crippen LogP contribution >= 0.6 is 12.4 Å². The van der Waals surface area contributed by atoms with Crippen molar-refractivity contribution in [2.45, 2.75) is 33.7 Å². The van der Waals surface area contributed by atoms with Crippen molar-refractivity contribution in [2.75, 3.05) is 6.54 Å².